The lowest BCUT2D eigenvalue weighted by atomic mass is 9.68. The van der Waals surface area contributed by atoms with E-state index < -0.39 is 22.8 Å². The minimum atomic E-state index is -1.37. The summed E-state index contributed by atoms with van der Waals surface area (Å²) >= 11 is 0. The molecule has 0 amide bonds. The molecule has 5 heteroatoms. The maximum absolute atomic E-state index is 11.9. The largest absolute Gasteiger partial charge is 0.299 e. The van der Waals surface area contributed by atoms with Crippen LogP contribution >= 0.6 is 0 Å². The average Bonchev–Trinajstić information content (AvgIpc) is 2.35. The zero-order valence-corrected chi connectivity index (χ0v) is 11.3. The molecule has 0 fully saturated rings. The third-order valence-electron chi connectivity index (χ3n) is 3.69. The molecular formula is C14H17NO4. The molecule has 1 atom stereocenters. The van der Waals surface area contributed by atoms with Crippen molar-refractivity contribution in [1.29, 1.82) is 0 Å². The topological polar surface area (TPSA) is 77.3 Å². The second-order valence-corrected chi connectivity index (χ2v) is 4.79. The Balaban J connectivity index is 3.34. The Morgan fingerprint density at radius 1 is 1.21 bits per heavy atom. The lowest BCUT2D eigenvalue weighted by Gasteiger charge is -2.31. The van der Waals surface area contributed by atoms with Crippen LogP contribution in [0.2, 0.25) is 0 Å². The summed E-state index contributed by atoms with van der Waals surface area (Å²) in [5.41, 5.74) is -0.735. The highest BCUT2D eigenvalue weighted by Gasteiger charge is 2.46. The maximum Gasteiger partial charge on any atom is 0.212 e. The van der Waals surface area contributed by atoms with Crippen LogP contribution in [0, 0.1) is 15.5 Å². The number of hydrogen-bond acceptors (Lipinski definition) is 4. The Bertz CT molecular complexity index is 481. The van der Waals surface area contributed by atoms with Gasteiger partial charge in [-0.1, -0.05) is 30.3 Å². The maximum atomic E-state index is 11.9. The number of nitrogens with zero attached hydrogens (tertiary/aromatic N) is 1. The Kier molecular flexibility index (Phi) is 4.53. The Morgan fingerprint density at radius 3 is 2.05 bits per heavy atom. The van der Waals surface area contributed by atoms with Crippen LogP contribution in [0.15, 0.2) is 30.3 Å². The van der Waals surface area contributed by atoms with Gasteiger partial charge in [-0.15, -0.1) is 0 Å². The van der Waals surface area contributed by atoms with Gasteiger partial charge in [0.1, 0.15) is 11.6 Å². The van der Waals surface area contributed by atoms with Crippen LogP contribution in [0.5, 0.6) is 0 Å². The molecule has 0 aliphatic rings. The summed E-state index contributed by atoms with van der Waals surface area (Å²) in [6, 6.07) is 8.67. The highest BCUT2D eigenvalue weighted by Crippen LogP contribution is 2.37. The fraction of sp³-hybridized carbons (Fsp3) is 0.429. The van der Waals surface area contributed by atoms with Crippen LogP contribution < -0.4 is 0 Å². The first-order valence-corrected chi connectivity index (χ1v) is 5.99. The summed E-state index contributed by atoms with van der Waals surface area (Å²) in [7, 11) is 0. The fourth-order valence-electron chi connectivity index (χ4n) is 2.19. The molecule has 0 aliphatic carbocycles. The highest BCUT2D eigenvalue weighted by molar-refractivity contribution is 6.05. The first kappa shape index (κ1) is 15.0. The number of nitro groups is 1. The lowest BCUT2D eigenvalue weighted by Crippen LogP contribution is -2.42. The normalized spacial score (nSPS) is 12.8. The zero-order valence-electron chi connectivity index (χ0n) is 11.3. The van der Waals surface area contributed by atoms with E-state index >= 15 is 0 Å². The SMILES string of the molecule is CC(=O)C(C)(C(C)=O)[C@H](C[N+](=O)[O-])c1ccccc1. The highest BCUT2D eigenvalue weighted by atomic mass is 16.6. The van der Waals surface area contributed by atoms with Gasteiger partial charge in [-0.3, -0.25) is 19.7 Å². The molecule has 0 unspecified atom stereocenters. The number of Topliss-reactive ketones (excluding diaryl/α,β-unsaturated/α-hetero) is 2. The van der Waals surface area contributed by atoms with E-state index in [-0.39, 0.29) is 11.6 Å². The van der Waals surface area contributed by atoms with E-state index in [1.807, 2.05) is 0 Å². The van der Waals surface area contributed by atoms with E-state index in [0.717, 1.165) is 0 Å². The molecule has 5 nitrogen and oxygen atoms in total. The van der Waals surface area contributed by atoms with E-state index in [4.69, 9.17) is 0 Å². The Labute approximate surface area is 111 Å². The lowest BCUT2D eigenvalue weighted by molar-refractivity contribution is -0.485. The summed E-state index contributed by atoms with van der Waals surface area (Å²) in [6.07, 6.45) is 0. The molecule has 0 saturated carbocycles. The van der Waals surface area contributed by atoms with Crippen LogP contribution in [0.4, 0.5) is 0 Å². The standard InChI is InChI=1S/C14H17NO4/c1-10(16)14(3,11(2)17)13(9-15(18)19)12-7-5-4-6-8-12/h4-8,13H,9H2,1-3H3/t13-/m1/s1. The summed E-state index contributed by atoms with van der Waals surface area (Å²) in [5, 5.41) is 10.9. The van der Waals surface area contributed by atoms with Gasteiger partial charge in [0.2, 0.25) is 6.54 Å². The second kappa shape index (κ2) is 5.73. The average molecular weight is 263 g/mol. The van der Waals surface area contributed by atoms with Gasteiger partial charge >= 0.3 is 0 Å². The van der Waals surface area contributed by atoms with Gasteiger partial charge in [0.25, 0.3) is 0 Å². The predicted octanol–water partition coefficient (Wildman–Crippen LogP) is 2.23. The number of carbonyl (C=O) groups excluding carboxylic acids is 2. The quantitative estimate of drug-likeness (QED) is 0.448. The number of hydrogen-bond donors (Lipinski definition) is 0. The van der Waals surface area contributed by atoms with Crippen LogP contribution in [-0.2, 0) is 9.59 Å². The minimum absolute atomic E-state index is 0.351. The second-order valence-electron chi connectivity index (χ2n) is 4.79. The predicted molar refractivity (Wildman–Crippen MR) is 70.5 cm³/mol. The first-order valence-electron chi connectivity index (χ1n) is 5.99. The van der Waals surface area contributed by atoms with E-state index in [1.54, 1.807) is 30.3 Å². The number of rotatable bonds is 6. The fourth-order valence-corrected chi connectivity index (χ4v) is 2.19. The van der Waals surface area contributed by atoms with Crippen molar-refractivity contribution < 1.29 is 14.5 Å². The molecule has 1 aromatic rings. The van der Waals surface area contributed by atoms with Gasteiger partial charge in [-0.2, -0.15) is 0 Å². The van der Waals surface area contributed by atoms with Gasteiger partial charge in [0, 0.05) is 4.92 Å². The number of ketones is 2. The number of benzene rings is 1. The third-order valence-corrected chi connectivity index (χ3v) is 3.69. The monoisotopic (exact) mass is 263 g/mol. The molecule has 0 spiro atoms. The number of carbonyl (C=O) groups is 2. The molecule has 0 N–H and O–H groups in total. The molecule has 1 rings (SSSR count). The van der Waals surface area contributed by atoms with Gasteiger partial charge in [-0.05, 0) is 26.3 Å². The van der Waals surface area contributed by atoms with Crippen molar-refractivity contribution in [3.63, 3.8) is 0 Å². The van der Waals surface area contributed by atoms with E-state index in [0.29, 0.717) is 5.56 Å². The summed E-state index contributed by atoms with van der Waals surface area (Å²) in [4.78, 5) is 34.1. The van der Waals surface area contributed by atoms with Crippen LogP contribution in [0.25, 0.3) is 0 Å². The van der Waals surface area contributed by atoms with Crippen LogP contribution in [-0.4, -0.2) is 23.0 Å². The molecular weight excluding hydrogens is 246 g/mol. The van der Waals surface area contributed by atoms with Crippen molar-refractivity contribution in [2.75, 3.05) is 6.54 Å². The van der Waals surface area contributed by atoms with Crippen molar-refractivity contribution >= 4 is 11.6 Å². The molecule has 0 aliphatic heterocycles. The smallest absolute Gasteiger partial charge is 0.212 e. The van der Waals surface area contributed by atoms with Crippen molar-refractivity contribution in [1.82, 2.24) is 0 Å². The van der Waals surface area contributed by atoms with E-state index in [1.165, 1.54) is 20.8 Å². The van der Waals surface area contributed by atoms with Crippen LogP contribution in [0.1, 0.15) is 32.3 Å². The molecule has 0 saturated heterocycles. The summed E-state index contributed by atoms with van der Waals surface area (Å²) in [5.74, 6) is -1.45. The summed E-state index contributed by atoms with van der Waals surface area (Å²) in [6.45, 7) is 3.65. The van der Waals surface area contributed by atoms with Gasteiger partial charge in [0.15, 0.2) is 0 Å². The van der Waals surface area contributed by atoms with E-state index in [2.05, 4.69) is 0 Å². The van der Waals surface area contributed by atoms with Crippen molar-refractivity contribution in [2.24, 2.45) is 5.41 Å². The van der Waals surface area contributed by atoms with Crippen LogP contribution in [0.3, 0.4) is 0 Å². The third kappa shape index (κ3) is 3.05. The molecule has 0 aromatic heterocycles. The molecule has 1 aromatic carbocycles. The molecule has 19 heavy (non-hydrogen) atoms. The van der Waals surface area contributed by atoms with Crippen molar-refractivity contribution in [3.05, 3.63) is 46.0 Å². The molecule has 0 heterocycles. The van der Waals surface area contributed by atoms with Gasteiger partial charge in [-0.25, -0.2) is 0 Å². The van der Waals surface area contributed by atoms with Crippen molar-refractivity contribution in [2.45, 2.75) is 26.7 Å². The molecule has 102 valence electrons. The minimum Gasteiger partial charge on any atom is -0.299 e. The Hall–Kier alpha value is -2.04. The summed E-state index contributed by atoms with van der Waals surface area (Å²) < 4.78 is 0. The van der Waals surface area contributed by atoms with Gasteiger partial charge < -0.3 is 0 Å². The van der Waals surface area contributed by atoms with Crippen molar-refractivity contribution in [3.8, 4) is 0 Å². The first-order chi connectivity index (χ1) is 8.80. The van der Waals surface area contributed by atoms with Gasteiger partial charge in [0.05, 0.1) is 11.3 Å². The Morgan fingerprint density at radius 2 is 1.68 bits per heavy atom. The van der Waals surface area contributed by atoms with E-state index in [9.17, 15) is 19.7 Å². The zero-order chi connectivity index (χ0) is 14.6. The molecule has 0 bridgehead atoms. The molecule has 0 radical (unpaired) electrons.